The molecule has 0 spiro atoms. The number of nitrogens with one attached hydrogen (secondary N) is 1. The van der Waals surface area contributed by atoms with Crippen LogP contribution in [0.25, 0.3) is 0 Å². The second-order valence-electron chi connectivity index (χ2n) is 4.97. The van der Waals surface area contributed by atoms with E-state index in [4.69, 9.17) is 11.6 Å². The first-order valence-electron chi connectivity index (χ1n) is 7.64. The summed E-state index contributed by atoms with van der Waals surface area (Å²) < 4.78 is 0. The monoisotopic (exact) mass is 275 g/mol. The third-order valence-electron chi connectivity index (χ3n) is 3.14. The average Bonchev–Trinajstić information content (AvgIpc) is 2.38. The van der Waals surface area contributed by atoms with Crippen LogP contribution in [0.4, 0.5) is 0 Å². The van der Waals surface area contributed by atoms with Crippen LogP contribution < -0.4 is 5.32 Å². The SMILES string of the molecule is CCCCCCCCC(=O)NCCCCCCCl. The maximum absolute atomic E-state index is 11.5. The van der Waals surface area contributed by atoms with Gasteiger partial charge in [-0.1, -0.05) is 51.9 Å². The van der Waals surface area contributed by atoms with E-state index in [1.54, 1.807) is 0 Å². The first-order valence-corrected chi connectivity index (χ1v) is 8.17. The number of amides is 1. The van der Waals surface area contributed by atoms with Gasteiger partial charge in [0.05, 0.1) is 0 Å². The molecule has 0 aliphatic carbocycles. The Balaban J connectivity index is 3.12. The lowest BCUT2D eigenvalue weighted by Crippen LogP contribution is -2.23. The smallest absolute Gasteiger partial charge is 0.219 e. The minimum atomic E-state index is 0.225. The van der Waals surface area contributed by atoms with Crippen molar-refractivity contribution in [1.29, 1.82) is 0 Å². The second kappa shape index (κ2) is 14.8. The summed E-state index contributed by atoms with van der Waals surface area (Å²) in [5, 5.41) is 2.99. The molecule has 0 radical (unpaired) electrons. The number of hydrogen-bond donors (Lipinski definition) is 1. The predicted molar refractivity (Wildman–Crippen MR) is 80.2 cm³/mol. The zero-order valence-electron chi connectivity index (χ0n) is 12.0. The molecule has 0 aliphatic heterocycles. The van der Waals surface area contributed by atoms with E-state index < -0.39 is 0 Å². The topological polar surface area (TPSA) is 29.1 Å². The number of alkyl halides is 1. The molecule has 1 amide bonds. The zero-order chi connectivity index (χ0) is 13.5. The van der Waals surface area contributed by atoms with Crippen molar-refractivity contribution in [3.63, 3.8) is 0 Å². The van der Waals surface area contributed by atoms with Gasteiger partial charge in [0.15, 0.2) is 0 Å². The summed E-state index contributed by atoms with van der Waals surface area (Å²) in [6, 6.07) is 0. The highest BCUT2D eigenvalue weighted by Gasteiger charge is 2.00. The molecule has 0 aromatic heterocycles. The Morgan fingerprint density at radius 1 is 0.889 bits per heavy atom. The van der Waals surface area contributed by atoms with Gasteiger partial charge < -0.3 is 5.32 Å². The molecule has 0 saturated carbocycles. The number of carbonyl (C=O) groups excluding carboxylic acids is 1. The second-order valence-corrected chi connectivity index (χ2v) is 5.35. The molecule has 0 unspecified atom stereocenters. The fourth-order valence-electron chi connectivity index (χ4n) is 1.96. The first-order chi connectivity index (χ1) is 8.81. The van der Waals surface area contributed by atoms with Crippen LogP contribution in [0.5, 0.6) is 0 Å². The average molecular weight is 276 g/mol. The minimum Gasteiger partial charge on any atom is -0.356 e. The molecule has 0 saturated heterocycles. The highest BCUT2D eigenvalue weighted by atomic mass is 35.5. The van der Waals surface area contributed by atoms with Crippen LogP contribution in [0.2, 0.25) is 0 Å². The zero-order valence-corrected chi connectivity index (χ0v) is 12.7. The molecule has 0 atom stereocenters. The van der Waals surface area contributed by atoms with Crippen molar-refractivity contribution in [3.05, 3.63) is 0 Å². The quantitative estimate of drug-likeness (QED) is 0.385. The Morgan fingerprint density at radius 3 is 2.22 bits per heavy atom. The van der Waals surface area contributed by atoms with Crippen molar-refractivity contribution in [2.75, 3.05) is 12.4 Å². The number of halogens is 1. The van der Waals surface area contributed by atoms with E-state index in [0.29, 0.717) is 6.42 Å². The lowest BCUT2D eigenvalue weighted by Gasteiger charge is -2.05. The van der Waals surface area contributed by atoms with Gasteiger partial charge in [0.1, 0.15) is 0 Å². The van der Waals surface area contributed by atoms with Crippen LogP contribution in [-0.4, -0.2) is 18.3 Å². The normalized spacial score (nSPS) is 10.6. The van der Waals surface area contributed by atoms with Crippen LogP contribution in [-0.2, 0) is 4.79 Å². The van der Waals surface area contributed by atoms with Gasteiger partial charge >= 0.3 is 0 Å². The van der Waals surface area contributed by atoms with E-state index in [2.05, 4.69) is 12.2 Å². The van der Waals surface area contributed by atoms with Gasteiger partial charge in [-0.05, 0) is 19.3 Å². The van der Waals surface area contributed by atoms with Crippen LogP contribution in [0.3, 0.4) is 0 Å². The van der Waals surface area contributed by atoms with Gasteiger partial charge in [0, 0.05) is 18.8 Å². The van der Waals surface area contributed by atoms with E-state index in [9.17, 15) is 4.79 Å². The number of carbonyl (C=O) groups is 1. The largest absolute Gasteiger partial charge is 0.356 e. The Bertz CT molecular complexity index is 167. The first kappa shape index (κ1) is 17.8. The number of hydrogen-bond acceptors (Lipinski definition) is 1. The Kier molecular flexibility index (Phi) is 14.6. The molecule has 2 nitrogen and oxygen atoms in total. The summed E-state index contributed by atoms with van der Waals surface area (Å²) in [7, 11) is 0. The van der Waals surface area contributed by atoms with Crippen molar-refractivity contribution in [2.45, 2.75) is 77.6 Å². The molecule has 1 N–H and O–H groups in total. The molecule has 0 aromatic carbocycles. The van der Waals surface area contributed by atoms with Crippen molar-refractivity contribution < 1.29 is 4.79 Å². The summed E-state index contributed by atoms with van der Waals surface area (Å²) in [6.45, 7) is 3.05. The van der Waals surface area contributed by atoms with E-state index >= 15 is 0 Å². The van der Waals surface area contributed by atoms with Gasteiger partial charge in [-0.3, -0.25) is 4.79 Å². The summed E-state index contributed by atoms with van der Waals surface area (Å²) in [6.07, 6.45) is 12.7. The summed E-state index contributed by atoms with van der Waals surface area (Å²) in [4.78, 5) is 11.5. The molecule has 108 valence electrons. The van der Waals surface area contributed by atoms with Gasteiger partial charge in [0.2, 0.25) is 5.91 Å². The molecule has 18 heavy (non-hydrogen) atoms. The van der Waals surface area contributed by atoms with Gasteiger partial charge in [-0.2, -0.15) is 0 Å². The number of unbranched alkanes of at least 4 members (excludes halogenated alkanes) is 8. The Labute approximate surface area is 118 Å². The molecule has 0 bridgehead atoms. The van der Waals surface area contributed by atoms with Crippen LogP contribution in [0.15, 0.2) is 0 Å². The Hall–Kier alpha value is -0.240. The molecular weight excluding hydrogens is 246 g/mol. The summed E-state index contributed by atoms with van der Waals surface area (Å²) >= 11 is 5.60. The minimum absolute atomic E-state index is 0.225. The maximum Gasteiger partial charge on any atom is 0.219 e. The van der Waals surface area contributed by atoms with Crippen LogP contribution in [0, 0.1) is 0 Å². The highest BCUT2D eigenvalue weighted by molar-refractivity contribution is 6.17. The lowest BCUT2D eigenvalue weighted by atomic mass is 10.1. The van der Waals surface area contributed by atoms with Crippen molar-refractivity contribution in [1.82, 2.24) is 5.32 Å². The molecule has 0 heterocycles. The number of rotatable bonds is 13. The molecule has 0 fully saturated rings. The third kappa shape index (κ3) is 13.8. The van der Waals surface area contributed by atoms with Crippen LogP contribution in [0.1, 0.15) is 77.6 Å². The van der Waals surface area contributed by atoms with E-state index in [1.807, 2.05) is 0 Å². The Morgan fingerprint density at radius 2 is 1.50 bits per heavy atom. The standard InChI is InChI=1S/C15H30ClNO/c1-2-3-4-5-6-9-12-15(18)17-14-11-8-7-10-13-16/h2-14H2,1H3,(H,17,18). The van der Waals surface area contributed by atoms with E-state index in [0.717, 1.165) is 31.7 Å². The van der Waals surface area contributed by atoms with Gasteiger partial charge in [-0.15, -0.1) is 11.6 Å². The maximum atomic E-state index is 11.5. The van der Waals surface area contributed by atoms with E-state index in [-0.39, 0.29) is 5.91 Å². The lowest BCUT2D eigenvalue weighted by molar-refractivity contribution is -0.121. The predicted octanol–water partition coefficient (Wildman–Crippen LogP) is 4.65. The van der Waals surface area contributed by atoms with Crippen LogP contribution >= 0.6 is 11.6 Å². The summed E-state index contributed by atoms with van der Waals surface area (Å²) in [5.41, 5.74) is 0. The molecule has 0 aliphatic rings. The molecule has 3 heteroatoms. The van der Waals surface area contributed by atoms with Gasteiger partial charge in [-0.25, -0.2) is 0 Å². The van der Waals surface area contributed by atoms with Gasteiger partial charge in [0.25, 0.3) is 0 Å². The molecule has 0 rings (SSSR count). The van der Waals surface area contributed by atoms with E-state index in [1.165, 1.54) is 44.9 Å². The molecular formula is C15H30ClNO. The van der Waals surface area contributed by atoms with Crippen molar-refractivity contribution in [3.8, 4) is 0 Å². The fraction of sp³-hybridized carbons (Fsp3) is 0.933. The highest BCUT2D eigenvalue weighted by Crippen LogP contribution is 2.06. The third-order valence-corrected chi connectivity index (χ3v) is 3.41. The van der Waals surface area contributed by atoms with Crippen molar-refractivity contribution in [2.24, 2.45) is 0 Å². The summed E-state index contributed by atoms with van der Waals surface area (Å²) in [5.74, 6) is 0.979. The fourth-order valence-corrected chi connectivity index (χ4v) is 2.14. The van der Waals surface area contributed by atoms with Crippen molar-refractivity contribution >= 4 is 17.5 Å². The molecule has 0 aromatic rings.